The van der Waals surface area contributed by atoms with Gasteiger partial charge in [-0.1, -0.05) is 24.3 Å². The zero-order valence-electron chi connectivity index (χ0n) is 16.0. The Bertz CT molecular complexity index is 959. The lowest BCUT2D eigenvalue weighted by atomic mass is 10.00. The highest BCUT2D eigenvalue weighted by Crippen LogP contribution is 2.18. The number of β-amino-alcohol motifs (C(OH)–C–C–N with tert-alkyl or cyclic N) is 1. The minimum atomic E-state index is -0.632. The second-order valence-electron chi connectivity index (χ2n) is 7.13. The van der Waals surface area contributed by atoms with Crippen LogP contribution < -0.4 is 10.6 Å². The number of carbonyl (C=O) groups excluding carboxylic acids is 1. The number of aliphatic hydroxyl groups is 1. The van der Waals surface area contributed by atoms with Crippen molar-refractivity contribution >= 4 is 17.5 Å². The van der Waals surface area contributed by atoms with Gasteiger partial charge in [0.2, 0.25) is 0 Å². The van der Waals surface area contributed by atoms with Crippen LogP contribution in [0.4, 0.5) is 11.6 Å². The van der Waals surface area contributed by atoms with Crippen molar-refractivity contribution in [2.75, 3.05) is 25.0 Å². The summed E-state index contributed by atoms with van der Waals surface area (Å²) in [6, 6.07) is 13.5. The maximum Gasteiger partial charge on any atom is 0.251 e. The van der Waals surface area contributed by atoms with Gasteiger partial charge in [0.25, 0.3) is 5.91 Å². The molecule has 0 unspecified atom stereocenters. The van der Waals surface area contributed by atoms with Crippen molar-refractivity contribution in [2.45, 2.75) is 19.1 Å². The van der Waals surface area contributed by atoms with E-state index in [1.54, 1.807) is 30.6 Å². The summed E-state index contributed by atoms with van der Waals surface area (Å²) in [5.41, 5.74) is 3.16. The van der Waals surface area contributed by atoms with E-state index in [0.29, 0.717) is 23.7 Å². The van der Waals surface area contributed by atoms with Crippen molar-refractivity contribution in [3.63, 3.8) is 0 Å². The van der Waals surface area contributed by atoms with E-state index >= 15 is 0 Å². The Morgan fingerprint density at radius 3 is 2.90 bits per heavy atom. The number of hydrogen-bond donors (Lipinski definition) is 4. The number of nitrogens with one attached hydrogen (secondary N) is 3. The number of anilines is 2. The molecule has 29 heavy (non-hydrogen) atoms. The first-order valence-electron chi connectivity index (χ1n) is 9.65. The monoisotopic (exact) mass is 392 g/mol. The number of fused-ring (bicyclic) bond motifs is 1. The predicted octanol–water partition coefficient (Wildman–Crippen LogP) is 1.70. The molecule has 1 aliphatic heterocycles. The molecular formula is C21H24N6O2. The average Bonchev–Trinajstić information content (AvgIpc) is 3.25. The molecule has 0 fully saturated rings. The number of amides is 1. The fourth-order valence-electron chi connectivity index (χ4n) is 3.49. The summed E-state index contributed by atoms with van der Waals surface area (Å²) in [5, 5.41) is 22.9. The molecule has 1 aliphatic rings. The maximum absolute atomic E-state index is 12.4. The Hall–Kier alpha value is -3.23. The lowest BCUT2D eigenvalue weighted by molar-refractivity contribution is 0.0842. The summed E-state index contributed by atoms with van der Waals surface area (Å²) in [5.74, 6) is 0.895. The third kappa shape index (κ3) is 4.98. The van der Waals surface area contributed by atoms with Crippen molar-refractivity contribution in [3.05, 3.63) is 71.5 Å². The maximum atomic E-state index is 12.4. The van der Waals surface area contributed by atoms with Gasteiger partial charge in [-0.05, 0) is 29.7 Å². The fraction of sp³-hybridized carbons (Fsp3) is 0.286. The van der Waals surface area contributed by atoms with Gasteiger partial charge in [0.05, 0.1) is 6.10 Å². The van der Waals surface area contributed by atoms with E-state index in [4.69, 9.17) is 0 Å². The number of aromatic nitrogens is 3. The summed E-state index contributed by atoms with van der Waals surface area (Å²) in [7, 11) is 0. The highest BCUT2D eigenvalue weighted by molar-refractivity contribution is 5.94. The van der Waals surface area contributed by atoms with E-state index in [2.05, 4.69) is 48.9 Å². The molecule has 0 aliphatic carbocycles. The van der Waals surface area contributed by atoms with Crippen LogP contribution >= 0.6 is 0 Å². The SMILES string of the molecule is O=C(NC[C@H](O)CN1CCc2ccccc2C1)c1ccnc(Nc2cc[nH]n2)c1. The van der Waals surface area contributed by atoms with Gasteiger partial charge in [-0.2, -0.15) is 5.10 Å². The van der Waals surface area contributed by atoms with Crippen LogP contribution in [0.2, 0.25) is 0 Å². The minimum Gasteiger partial charge on any atom is -0.390 e. The van der Waals surface area contributed by atoms with Crippen LogP contribution in [0.25, 0.3) is 0 Å². The molecule has 1 atom stereocenters. The molecule has 0 spiro atoms. The largest absolute Gasteiger partial charge is 0.390 e. The van der Waals surface area contributed by atoms with Gasteiger partial charge in [-0.15, -0.1) is 0 Å². The summed E-state index contributed by atoms with van der Waals surface area (Å²) >= 11 is 0. The van der Waals surface area contributed by atoms with Crippen LogP contribution in [0, 0.1) is 0 Å². The van der Waals surface area contributed by atoms with Crippen molar-refractivity contribution in [2.24, 2.45) is 0 Å². The van der Waals surface area contributed by atoms with E-state index in [-0.39, 0.29) is 12.5 Å². The fourth-order valence-corrected chi connectivity index (χ4v) is 3.49. The number of benzene rings is 1. The first kappa shape index (κ1) is 19.1. The molecule has 0 saturated heterocycles. The first-order valence-corrected chi connectivity index (χ1v) is 9.65. The highest BCUT2D eigenvalue weighted by atomic mass is 16.3. The zero-order valence-corrected chi connectivity index (χ0v) is 16.0. The number of carbonyl (C=O) groups is 1. The Labute approximate surface area is 169 Å². The number of rotatable bonds is 7. The smallest absolute Gasteiger partial charge is 0.251 e. The number of aromatic amines is 1. The molecule has 4 rings (SSSR count). The van der Waals surface area contributed by atoms with Crippen molar-refractivity contribution in [3.8, 4) is 0 Å². The number of pyridine rings is 1. The summed E-state index contributed by atoms with van der Waals surface area (Å²) in [4.78, 5) is 18.9. The Balaban J connectivity index is 1.27. The van der Waals surface area contributed by atoms with Crippen molar-refractivity contribution in [1.82, 2.24) is 25.4 Å². The molecule has 150 valence electrons. The third-order valence-corrected chi connectivity index (χ3v) is 4.96. The molecular weight excluding hydrogens is 368 g/mol. The van der Waals surface area contributed by atoms with Crippen LogP contribution in [-0.4, -0.2) is 56.8 Å². The Morgan fingerprint density at radius 2 is 2.07 bits per heavy atom. The number of nitrogens with zero attached hydrogens (tertiary/aromatic N) is 3. The normalized spacial score (nSPS) is 14.8. The van der Waals surface area contributed by atoms with E-state index in [1.807, 2.05) is 6.07 Å². The topological polar surface area (TPSA) is 106 Å². The van der Waals surface area contributed by atoms with E-state index in [1.165, 1.54) is 11.1 Å². The number of hydrogen-bond acceptors (Lipinski definition) is 6. The molecule has 8 heteroatoms. The Kier molecular flexibility index (Phi) is 5.83. The second-order valence-corrected chi connectivity index (χ2v) is 7.13. The molecule has 8 nitrogen and oxygen atoms in total. The Morgan fingerprint density at radius 1 is 1.21 bits per heavy atom. The van der Waals surface area contributed by atoms with Crippen LogP contribution in [0.3, 0.4) is 0 Å². The number of aliphatic hydroxyl groups excluding tert-OH is 1. The van der Waals surface area contributed by atoms with Crippen LogP contribution in [0.5, 0.6) is 0 Å². The zero-order chi connectivity index (χ0) is 20.1. The van der Waals surface area contributed by atoms with Gasteiger partial charge in [0.15, 0.2) is 5.82 Å². The van der Waals surface area contributed by atoms with Crippen LogP contribution in [-0.2, 0) is 13.0 Å². The van der Waals surface area contributed by atoms with Crippen molar-refractivity contribution in [1.29, 1.82) is 0 Å². The predicted molar refractivity (Wildman–Crippen MR) is 110 cm³/mol. The van der Waals surface area contributed by atoms with E-state index < -0.39 is 6.10 Å². The van der Waals surface area contributed by atoms with E-state index in [0.717, 1.165) is 19.5 Å². The van der Waals surface area contributed by atoms with Gasteiger partial charge in [0.1, 0.15) is 5.82 Å². The molecule has 1 amide bonds. The van der Waals surface area contributed by atoms with Crippen molar-refractivity contribution < 1.29 is 9.90 Å². The lowest BCUT2D eigenvalue weighted by Gasteiger charge is -2.30. The lowest BCUT2D eigenvalue weighted by Crippen LogP contribution is -2.42. The molecule has 1 aromatic carbocycles. The second kappa shape index (κ2) is 8.85. The molecule has 4 N–H and O–H groups in total. The first-order chi connectivity index (χ1) is 14.2. The minimum absolute atomic E-state index is 0.196. The van der Waals surface area contributed by atoms with Gasteiger partial charge >= 0.3 is 0 Å². The van der Waals surface area contributed by atoms with Crippen LogP contribution in [0.15, 0.2) is 54.9 Å². The standard InChI is InChI=1S/C21H24N6O2/c28-18(14-27-10-7-15-3-1-2-4-17(15)13-27)12-23-21(29)16-5-8-22-20(11-16)25-19-6-9-24-26-19/h1-6,8-9,11,18,28H,7,10,12-14H2,(H,23,29)(H2,22,24,25,26)/t18-/m0/s1. The summed E-state index contributed by atoms with van der Waals surface area (Å²) in [6.07, 6.45) is 3.61. The molecule has 0 bridgehead atoms. The molecule has 3 aromatic rings. The van der Waals surface area contributed by atoms with E-state index in [9.17, 15) is 9.90 Å². The van der Waals surface area contributed by atoms with Gasteiger partial charge in [-0.25, -0.2) is 4.98 Å². The molecule has 0 saturated carbocycles. The molecule has 3 heterocycles. The quantitative estimate of drug-likeness (QED) is 0.488. The summed E-state index contributed by atoms with van der Waals surface area (Å²) < 4.78 is 0. The van der Waals surface area contributed by atoms with Gasteiger partial charge in [0, 0.05) is 50.2 Å². The van der Waals surface area contributed by atoms with Crippen LogP contribution in [0.1, 0.15) is 21.5 Å². The molecule has 0 radical (unpaired) electrons. The van der Waals surface area contributed by atoms with Gasteiger partial charge < -0.3 is 15.7 Å². The highest BCUT2D eigenvalue weighted by Gasteiger charge is 2.19. The third-order valence-electron chi connectivity index (χ3n) is 4.96. The van der Waals surface area contributed by atoms with Gasteiger partial charge in [-0.3, -0.25) is 14.8 Å². The summed E-state index contributed by atoms with van der Waals surface area (Å²) in [6.45, 7) is 2.46. The molecule has 2 aromatic heterocycles. The average molecular weight is 392 g/mol. The number of H-pyrrole nitrogens is 1.